The van der Waals surface area contributed by atoms with E-state index in [9.17, 15) is 14.7 Å². The van der Waals surface area contributed by atoms with Crippen LogP contribution >= 0.6 is 0 Å². The molecule has 2 unspecified atom stereocenters. The van der Waals surface area contributed by atoms with Gasteiger partial charge in [0.05, 0.1) is 13.2 Å². The van der Waals surface area contributed by atoms with Gasteiger partial charge in [-0.2, -0.15) is 0 Å². The van der Waals surface area contributed by atoms with Gasteiger partial charge in [-0.15, -0.1) is 0 Å². The van der Waals surface area contributed by atoms with E-state index in [1.807, 2.05) is 0 Å². The Morgan fingerprint density at radius 1 is 1.00 bits per heavy atom. The number of carbonyl (C=O) groups is 2. The lowest BCUT2D eigenvalue weighted by Crippen LogP contribution is -2.43. The quantitative estimate of drug-likeness (QED) is 0.547. The topological polar surface area (TPSA) is 84.9 Å². The summed E-state index contributed by atoms with van der Waals surface area (Å²) in [6, 6.07) is 0. The van der Waals surface area contributed by atoms with Crippen LogP contribution in [0.3, 0.4) is 0 Å². The lowest BCUT2D eigenvalue weighted by Gasteiger charge is -2.21. The molecule has 0 bridgehead atoms. The average molecular weight is 329 g/mol. The molecule has 1 fully saturated rings. The van der Waals surface area contributed by atoms with Crippen molar-refractivity contribution in [3.05, 3.63) is 0 Å². The minimum absolute atomic E-state index is 0.223. The third kappa shape index (κ3) is 8.32. The zero-order valence-corrected chi connectivity index (χ0v) is 14.2. The molecule has 1 heterocycles. The number of aliphatic hydroxyl groups is 1. The number of hydrogen-bond acceptors (Lipinski definition) is 6. The summed E-state index contributed by atoms with van der Waals surface area (Å²) in [5.74, 6) is -2.18. The molecule has 0 saturated carbocycles. The Bertz CT molecular complexity index is 348. The monoisotopic (exact) mass is 329 g/mol. The first-order chi connectivity index (χ1) is 11.2. The van der Waals surface area contributed by atoms with Crippen LogP contribution in [0.15, 0.2) is 0 Å². The molecule has 0 aromatic rings. The van der Waals surface area contributed by atoms with E-state index < -0.39 is 24.0 Å². The highest BCUT2D eigenvalue weighted by Crippen LogP contribution is 2.12. The van der Waals surface area contributed by atoms with Gasteiger partial charge >= 0.3 is 11.9 Å². The van der Waals surface area contributed by atoms with E-state index in [1.165, 1.54) is 12.8 Å². The van der Waals surface area contributed by atoms with Crippen LogP contribution in [0.1, 0.15) is 58.3 Å². The molecule has 2 atom stereocenters. The van der Waals surface area contributed by atoms with E-state index in [4.69, 9.17) is 9.47 Å². The van der Waals surface area contributed by atoms with Gasteiger partial charge in [0, 0.05) is 6.54 Å². The summed E-state index contributed by atoms with van der Waals surface area (Å²) in [4.78, 5) is 24.0. The maximum atomic E-state index is 12.1. The van der Waals surface area contributed by atoms with Crippen LogP contribution < -0.4 is 5.32 Å². The Morgan fingerprint density at radius 2 is 1.65 bits per heavy atom. The predicted octanol–water partition coefficient (Wildman–Crippen LogP) is 1.79. The number of unbranched alkanes of at least 4 members (excludes halogenated alkanes) is 3. The smallest absolute Gasteiger partial charge is 0.335 e. The average Bonchev–Trinajstić information content (AvgIpc) is 2.54. The molecule has 23 heavy (non-hydrogen) atoms. The van der Waals surface area contributed by atoms with Crippen molar-refractivity contribution < 1.29 is 24.2 Å². The van der Waals surface area contributed by atoms with Crippen molar-refractivity contribution in [2.75, 3.05) is 26.3 Å². The largest absolute Gasteiger partial charge is 0.465 e. The fourth-order valence-electron chi connectivity index (χ4n) is 2.52. The van der Waals surface area contributed by atoms with Gasteiger partial charge in [-0.05, 0) is 38.6 Å². The minimum Gasteiger partial charge on any atom is -0.465 e. The molecule has 134 valence electrons. The zero-order chi connectivity index (χ0) is 16.9. The highest BCUT2D eigenvalue weighted by atomic mass is 16.6. The second-order valence-electron chi connectivity index (χ2n) is 6.07. The molecule has 0 aliphatic carbocycles. The molecule has 0 radical (unpaired) electrons. The van der Waals surface area contributed by atoms with E-state index >= 15 is 0 Å². The highest BCUT2D eigenvalue weighted by molar-refractivity contribution is 5.83. The van der Waals surface area contributed by atoms with E-state index in [0.717, 1.165) is 45.1 Å². The molecular formula is C17H31NO5. The van der Waals surface area contributed by atoms with Crippen LogP contribution in [0.25, 0.3) is 0 Å². The molecule has 1 saturated heterocycles. The van der Waals surface area contributed by atoms with E-state index in [2.05, 4.69) is 12.2 Å². The first-order valence-electron chi connectivity index (χ1n) is 8.89. The van der Waals surface area contributed by atoms with Gasteiger partial charge < -0.3 is 19.9 Å². The van der Waals surface area contributed by atoms with Gasteiger partial charge in [-0.1, -0.05) is 26.2 Å². The minimum atomic E-state index is -1.47. The normalized spacial score (nSPS) is 24.3. The number of aliphatic hydroxyl groups excluding tert-OH is 1. The molecular weight excluding hydrogens is 298 g/mol. The first-order valence-corrected chi connectivity index (χ1v) is 8.89. The van der Waals surface area contributed by atoms with Gasteiger partial charge in [0.2, 0.25) is 0 Å². The molecule has 0 spiro atoms. The van der Waals surface area contributed by atoms with Crippen molar-refractivity contribution in [3.63, 3.8) is 0 Å². The Morgan fingerprint density at radius 3 is 2.30 bits per heavy atom. The van der Waals surface area contributed by atoms with Gasteiger partial charge in [0.25, 0.3) is 0 Å². The van der Waals surface area contributed by atoms with Gasteiger partial charge in [0.15, 0.2) is 6.10 Å². The second kappa shape index (κ2) is 12.3. The summed E-state index contributed by atoms with van der Waals surface area (Å²) in [5, 5.41) is 13.3. The van der Waals surface area contributed by atoms with E-state index in [1.54, 1.807) is 0 Å². The maximum absolute atomic E-state index is 12.1. The summed E-state index contributed by atoms with van der Waals surface area (Å²) in [6.07, 6.45) is 6.45. The lowest BCUT2D eigenvalue weighted by atomic mass is 10.0. The molecule has 0 aromatic carbocycles. The summed E-state index contributed by atoms with van der Waals surface area (Å²) in [6.45, 7) is 3.76. The Hall–Kier alpha value is -1.14. The third-order valence-electron chi connectivity index (χ3n) is 4.02. The fourth-order valence-corrected chi connectivity index (χ4v) is 2.52. The highest BCUT2D eigenvalue weighted by Gasteiger charge is 2.34. The van der Waals surface area contributed by atoms with Crippen LogP contribution in [0.4, 0.5) is 0 Å². The fraction of sp³-hybridized carbons (Fsp3) is 0.882. The number of carbonyl (C=O) groups excluding carboxylic acids is 2. The van der Waals surface area contributed by atoms with Crippen molar-refractivity contribution in [1.82, 2.24) is 5.32 Å². The Kier molecular flexibility index (Phi) is 10.6. The summed E-state index contributed by atoms with van der Waals surface area (Å²) < 4.78 is 10.2. The second-order valence-corrected chi connectivity index (χ2v) is 6.07. The van der Waals surface area contributed by atoms with Crippen molar-refractivity contribution >= 4 is 11.9 Å². The molecule has 2 N–H and O–H groups in total. The maximum Gasteiger partial charge on any atom is 0.335 e. The van der Waals surface area contributed by atoms with Crippen LogP contribution in [0.2, 0.25) is 0 Å². The van der Waals surface area contributed by atoms with Crippen LogP contribution in [-0.4, -0.2) is 49.5 Å². The van der Waals surface area contributed by atoms with Crippen LogP contribution in [-0.2, 0) is 19.1 Å². The number of cyclic esters (lactones) is 2. The molecule has 1 aliphatic heterocycles. The number of ether oxygens (including phenoxy) is 2. The van der Waals surface area contributed by atoms with Crippen molar-refractivity contribution in [1.29, 1.82) is 0 Å². The standard InChI is InChI=1S/C17H31NO5/c1-2-3-4-7-10-18-13-14-15(19)17(21)23-12-9-6-5-8-11-22-16(14)20/h14-15,18-19H,2-13H2,1H3. The predicted molar refractivity (Wildman–Crippen MR) is 86.9 cm³/mol. The zero-order valence-electron chi connectivity index (χ0n) is 14.2. The number of hydrogen-bond donors (Lipinski definition) is 2. The third-order valence-corrected chi connectivity index (χ3v) is 4.02. The van der Waals surface area contributed by atoms with E-state index in [0.29, 0.717) is 13.2 Å². The first kappa shape index (κ1) is 19.9. The summed E-state index contributed by atoms with van der Waals surface area (Å²) in [7, 11) is 0. The van der Waals surface area contributed by atoms with Crippen molar-refractivity contribution in [3.8, 4) is 0 Å². The van der Waals surface area contributed by atoms with Gasteiger partial charge in [-0.25, -0.2) is 4.79 Å². The van der Waals surface area contributed by atoms with Crippen molar-refractivity contribution in [2.24, 2.45) is 5.92 Å². The van der Waals surface area contributed by atoms with Gasteiger partial charge in [0.1, 0.15) is 5.92 Å². The number of esters is 2. The number of rotatable bonds is 7. The molecule has 6 nitrogen and oxygen atoms in total. The van der Waals surface area contributed by atoms with Crippen molar-refractivity contribution in [2.45, 2.75) is 64.4 Å². The number of nitrogens with one attached hydrogen (secondary N) is 1. The van der Waals surface area contributed by atoms with Crippen LogP contribution in [0, 0.1) is 5.92 Å². The molecule has 1 rings (SSSR count). The molecule has 0 amide bonds. The lowest BCUT2D eigenvalue weighted by molar-refractivity contribution is -0.166. The SMILES string of the molecule is CCCCCCNCC1C(=O)OCCCCCCOC(=O)C1O. The van der Waals surface area contributed by atoms with Gasteiger partial charge in [-0.3, -0.25) is 4.79 Å². The molecule has 0 aromatic heterocycles. The summed E-state index contributed by atoms with van der Waals surface area (Å²) in [5.41, 5.74) is 0. The summed E-state index contributed by atoms with van der Waals surface area (Å²) >= 11 is 0. The Balaban J connectivity index is 2.49. The molecule has 6 heteroatoms. The van der Waals surface area contributed by atoms with Crippen LogP contribution in [0.5, 0.6) is 0 Å². The molecule has 1 aliphatic rings. The van der Waals surface area contributed by atoms with E-state index in [-0.39, 0.29) is 6.54 Å². The Labute approximate surface area is 138 Å².